The number of nitrogens with zero attached hydrogens (tertiary/aromatic N) is 1. The summed E-state index contributed by atoms with van der Waals surface area (Å²) in [5.74, 6) is -3.01. The molecule has 1 atom stereocenters. The molecule has 0 saturated carbocycles. The molecule has 0 bridgehead atoms. The minimum atomic E-state index is -3.94. The van der Waals surface area contributed by atoms with Crippen LogP contribution in [0.2, 0.25) is 0 Å². The molecule has 4 rings (SSSR count). The Balaban J connectivity index is 1.63. The number of carbonyl (C=O) groups excluding carboxylic acids is 1. The van der Waals surface area contributed by atoms with E-state index in [-0.39, 0.29) is 17.9 Å². The fourth-order valence-electron chi connectivity index (χ4n) is 3.77. The lowest BCUT2D eigenvalue weighted by Gasteiger charge is -2.35. The number of hydrogen-bond donors (Lipinski definition) is 1. The molecule has 0 aliphatic carbocycles. The molecule has 0 unspecified atom stereocenters. The van der Waals surface area contributed by atoms with E-state index in [2.05, 4.69) is 5.32 Å². The molecule has 0 fully saturated rings. The molecule has 1 amide bonds. The van der Waals surface area contributed by atoms with Crippen molar-refractivity contribution in [2.75, 3.05) is 5.32 Å². The van der Waals surface area contributed by atoms with Gasteiger partial charge in [0.2, 0.25) is 15.9 Å². The predicted molar refractivity (Wildman–Crippen MR) is 125 cm³/mol. The Bertz CT molecular complexity index is 1250. The number of sulfonamides is 1. The topological polar surface area (TPSA) is 66.5 Å². The molecule has 3 aromatic rings. The number of amides is 1. The lowest BCUT2D eigenvalue weighted by Crippen LogP contribution is -2.50. The van der Waals surface area contributed by atoms with Gasteiger partial charge in [-0.1, -0.05) is 53.7 Å². The molecule has 0 radical (unpaired) electrons. The summed E-state index contributed by atoms with van der Waals surface area (Å²) in [5.41, 5.74) is 3.10. The van der Waals surface area contributed by atoms with Crippen molar-refractivity contribution in [3.63, 3.8) is 0 Å². The van der Waals surface area contributed by atoms with Crippen LogP contribution in [0, 0.1) is 6.92 Å². The van der Waals surface area contributed by atoms with Crippen molar-refractivity contribution in [1.82, 2.24) is 4.31 Å². The van der Waals surface area contributed by atoms with E-state index in [1.165, 1.54) is 28.6 Å². The zero-order chi connectivity index (χ0) is 23.6. The standard InChI is InChI=1S/C24H22F2N2O3S2/c1-16-6-12-21(13-7-16)33(30,31)28-15-18-5-3-2-4-17(18)14-22(28)23(29)27-19-8-10-20(11-9-19)32-24(25)26/h2-13,22,24H,14-15H2,1H3,(H,27,29)/t22-/m1/s1. The van der Waals surface area contributed by atoms with Crippen molar-refractivity contribution < 1.29 is 22.0 Å². The smallest absolute Gasteiger partial charge is 0.288 e. The fraction of sp³-hybridized carbons (Fsp3) is 0.208. The number of fused-ring (bicyclic) bond motifs is 1. The van der Waals surface area contributed by atoms with Crippen LogP contribution in [-0.4, -0.2) is 30.4 Å². The Morgan fingerprint density at radius 2 is 1.64 bits per heavy atom. The van der Waals surface area contributed by atoms with Gasteiger partial charge < -0.3 is 5.32 Å². The van der Waals surface area contributed by atoms with Crippen molar-refractivity contribution in [2.45, 2.75) is 41.5 Å². The van der Waals surface area contributed by atoms with E-state index in [0.717, 1.165) is 16.7 Å². The Labute approximate surface area is 195 Å². The third kappa shape index (κ3) is 5.26. The summed E-state index contributed by atoms with van der Waals surface area (Å²) in [7, 11) is -3.94. The maximum atomic E-state index is 13.5. The largest absolute Gasteiger partial charge is 0.325 e. The molecule has 172 valence electrons. The Morgan fingerprint density at radius 1 is 1.00 bits per heavy atom. The zero-order valence-corrected chi connectivity index (χ0v) is 19.4. The van der Waals surface area contributed by atoms with E-state index >= 15 is 0 Å². The van der Waals surface area contributed by atoms with E-state index in [1.54, 1.807) is 24.3 Å². The quantitative estimate of drug-likeness (QED) is 0.493. The predicted octanol–water partition coefficient (Wildman–Crippen LogP) is 5.06. The second kappa shape index (κ2) is 9.62. The van der Waals surface area contributed by atoms with Crippen LogP contribution < -0.4 is 5.32 Å². The molecule has 0 spiro atoms. The maximum Gasteiger partial charge on any atom is 0.288 e. The average Bonchev–Trinajstić information content (AvgIpc) is 2.79. The van der Waals surface area contributed by atoms with Gasteiger partial charge in [0.1, 0.15) is 6.04 Å². The van der Waals surface area contributed by atoms with Crippen LogP contribution in [0.1, 0.15) is 16.7 Å². The van der Waals surface area contributed by atoms with Crippen LogP contribution in [0.3, 0.4) is 0 Å². The molecule has 0 saturated heterocycles. The first kappa shape index (κ1) is 23.4. The molecule has 5 nitrogen and oxygen atoms in total. The van der Waals surface area contributed by atoms with Gasteiger partial charge >= 0.3 is 0 Å². The first-order chi connectivity index (χ1) is 15.7. The van der Waals surface area contributed by atoms with Crippen LogP contribution >= 0.6 is 11.8 Å². The summed E-state index contributed by atoms with van der Waals surface area (Å²) in [5, 5.41) is 2.74. The lowest BCUT2D eigenvalue weighted by molar-refractivity contribution is -0.120. The van der Waals surface area contributed by atoms with E-state index < -0.39 is 27.7 Å². The van der Waals surface area contributed by atoms with Crippen molar-refractivity contribution in [2.24, 2.45) is 0 Å². The van der Waals surface area contributed by atoms with Gasteiger partial charge in [-0.2, -0.15) is 13.1 Å². The van der Waals surface area contributed by atoms with Gasteiger partial charge in [-0.05, 0) is 60.9 Å². The van der Waals surface area contributed by atoms with Crippen LogP contribution in [-0.2, 0) is 27.8 Å². The summed E-state index contributed by atoms with van der Waals surface area (Å²) in [6.45, 7) is 1.95. The molecular weight excluding hydrogens is 466 g/mol. The summed E-state index contributed by atoms with van der Waals surface area (Å²) in [4.78, 5) is 13.7. The normalized spacial score (nSPS) is 16.4. The van der Waals surface area contributed by atoms with Gasteiger partial charge in [-0.3, -0.25) is 4.79 Å². The minimum Gasteiger partial charge on any atom is -0.325 e. The number of aryl methyl sites for hydroxylation is 1. The third-order valence-electron chi connectivity index (χ3n) is 5.48. The number of rotatable bonds is 6. The third-order valence-corrected chi connectivity index (χ3v) is 8.07. The van der Waals surface area contributed by atoms with Crippen LogP contribution in [0.15, 0.2) is 82.6 Å². The van der Waals surface area contributed by atoms with Gasteiger partial charge in [0.15, 0.2) is 0 Å². The number of alkyl halides is 2. The second-order valence-electron chi connectivity index (χ2n) is 7.74. The first-order valence-electron chi connectivity index (χ1n) is 10.2. The highest BCUT2D eigenvalue weighted by molar-refractivity contribution is 7.99. The van der Waals surface area contributed by atoms with E-state index in [9.17, 15) is 22.0 Å². The maximum absolute atomic E-state index is 13.5. The number of thioether (sulfide) groups is 1. The summed E-state index contributed by atoms with van der Waals surface area (Å²) >= 11 is 0.415. The van der Waals surface area contributed by atoms with Gasteiger partial charge in [0.05, 0.1) is 4.90 Å². The SMILES string of the molecule is Cc1ccc(S(=O)(=O)N2Cc3ccccc3C[C@@H]2C(=O)Nc2ccc(SC(F)F)cc2)cc1. The molecule has 1 heterocycles. The Kier molecular flexibility index (Phi) is 6.83. The molecule has 1 N–H and O–H groups in total. The summed E-state index contributed by atoms with van der Waals surface area (Å²) in [6.07, 6.45) is 0.229. The Morgan fingerprint density at radius 3 is 2.27 bits per heavy atom. The van der Waals surface area contributed by atoms with E-state index in [0.29, 0.717) is 22.3 Å². The first-order valence-corrected chi connectivity index (χ1v) is 12.6. The number of nitrogens with one attached hydrogen (secondary N) is 1. The molecule has 1 aliphatic rings. The molecular formula is C24H22F2N2O3S2. The number of anilines is 1. The molecule has 1 aliphatic heterocycles. The second-order valence-corrected chi connectivity index (χ2v) is 10.7. The minimum absolute atomic E-state index is 0.0778. The Hall–Kier alpha value is -2.75. The van der Waals surface area contributed by atoms with E-state index in [4.69, 9.17) is 0 Å². The molecule has 33 heavy (non-hydrogen) atoms. The highest BCUT2D eigenvalue weighted by Gasteiger charge is 2.39. The molecule has 3 aromatic carbocycles. The number of halogens is 2. The van der Waals surface area contributed by atoms with Crippen LogP contribution in [0.5, 0.6) is 0 Å². The zero-order valence-electron chi connectivity index (χ0n) is 17.7. The van der Waals surface area contributed by atoms with E-state index in [1.807, 2.05) is 31.2 Å². The lowest BCUT2D eigenvalue weighted by atomic mass is 9.95. The summed E-state index contributed by atoms with van der Waals surface area (Å²) in [6, 6.07) is 19.1. The fourth-order valence-corrected chi connectivity index (χ4v) is 5.83. The number of carbonyl (C=O) groups is 1. The molecule has 9 heteroatoms. The van der Waals surface area contributed by atoms with Crippen molar-refractivity contribution in [3.05, 3.63) is 89.5 Å². The molecule has 0 aromatic heterocycles. The van der Waals surface area contributed by atoms with Crippen molar-refractivity contribution >= 4 is 33.4 Å². The number of hydrogen-bond acceptors (Lipinski definition) is 4. The highest BCUT2D eigenvalue weighted by Crippen LogP contribution is 2.31. The number of benzene rings is 3. The average molecular weight is 489 g/mol. The summed E-state index contributed by atoms with van der Waals surface area (Å²) < 4.78 is 53.3. The van der Waals surface area contributed by atoms with Crippen molar-refractivity contribution in [1.29, 1.82) is 0 Å². The van der Waals surface area contributed by atoms with Gasteiger partial charge in [-0.15, -0.1) is 0 Å². The van der Waals surface area contributed by atoms with Crippen LogP contribution in [0.4, 0.5) is 14.5 Å². The highest BCUT2D eigenvalue weighted by atomic mass is 32.2. The van der Waals surface area contributed by atoms with Gasteiger partial charge in [0.25, 0.3) is 5.76 Å². The van der Waals surface area contributed by atoms with Gasteiger partial charge in [0, 0.05) is 17.1 Å². The van der Waals surface area contributed by atoms with Crippen LogP contribution in [0.25, 0.3) is 0 Å². The van der Waals surface area contributed by atoms with Gasteiger partial charge in [-0.25, -0.2) is 8.42 Å². The monoisotopic (exact) mass is 488 g/mol. The van der Waals surface area contributed by atoms with Crippen molar-refractivity contribution in [3.8, 4) is 0 Å².